The quantitative estimate of drug-likeness (QED) is 0.696. The molecule has 92 valence electrons. The summed E-state index contributed by atoms with van der Waals surface area (Å²) in [6.07, 6.45) is 2.15. The molecule has 0 aromatic rings. The summed E-state index contributed by atoms with van der Waals surface area (Å²) in [6.45, 7) is 1.32. The fourth-order valence-electron chi connectivity index (χ4n) is 1.49. The number of hydrogen-bond donors (Lipinski definition) is 1. The van der Waals surface area contributed by atoms with Crippen molar-refractivity contribution in [1.82, 2.24) is 10.2 Å². The van der Waals surface area contributed by atoms with E-state index in [9.17, 15) is 9.59 Å². The Bertz CT molecular complexity index is 254. The summed E-state index contributed by atoms with van der Waals surface area (Å²) in [5.74, 6) is -0.541. The van der Waals surface area contributed by atoms with E-state index >= 15 is 0 Å². The van der Waals surface area contributed by atoms with Crippen molar-refractivity contribution in [3.05, 3.63) is 0 Å². The van der Waals surface area contributed by atoms with Crippen molar-refractivity contribution in [3.8, 4) is 0 Å². The van der Waals surface area contributed by atoms with E-state index in [1.807, 2.05) is 0 Å². The molecule has 0 radical (unpaired) electrons. The van der Waals surface area contributed by atoms with E-state index in [1.54, 1.807) is 7.05 Å². The summed E-state index contributed by atoms with van der Waals surface area (Å²) < 4.78 is 5.36. The van der Waals surface area contributed by atoms with Crippen LogP contribution in [0.3, 0.4) is 0 Å². The van der Waals surface area contributed by atoms with Crippen LogP contribution in [-0.2, 0) is 14.3 Å². The van der Waals surface area contributed by atoms with Crippen molar-refractivity contribution >= 4 is 23.4 Å². The van der Waals surface area contributed by atoms with E-state index in [4.69, 9.17) is 16.3 Å². The lowest BCUT2D eigenvalue weighted by atomic mass is 10.2. The molecule has 1 N–H and O–H groups in total. The SMILES string of the molecule is CN(CC(=O)NCC1CCCO1)C(=O)CCl. The molecule has 0 saturated carbocycles. The van der Waals surface area contributed by atoms with Crippen LogP contribution < -0.4 is 5.32 Å². The second-order valence-electron chi connectivity index (χ2n) is 3.82. The summed E-state index contributed by atoms with van der Waals surface area (Å²) in [4.78, 5) is 23.8. The summed E-state index contributed by atoms with van der Waals surface area (Å²) in [5.41, 5.74) is 0. The van der Waals surface area contributed by atoms with Crippen LogP contribution in [0.15, 0.2) is 0 Å². The molecule has 0 bridgehead atoms. The summed E-state index contributed by atoms with van der Waals surface area (Å²) in [6, 6.07) is 0. The lowest BCUT2D eigenvalue weighted by molar-refractivity contribution is -0.132. The molecular weight excluding hydrogens is 232 g/mol. The Morgan fingerprint density at radius 2 is 2.31 bits per heavy atom. The van der Waals surface area contributed by atoms with Gasteiger partial charge in [-0.05, 0) is 12.8 Å². The predicted molar refractivity (Wildman–Crippen MR) is 60.3 cm³/mol. The highest BCUT2D eigenvalue weighted by Gasteiger charge is 2.17. The number of nitrogens with zero attached hydrogens (tertiary/aromatic N) is 1. The van der Waals surface area contributed by atoms with Gasteiger partial charge in [0.05, 0.1) is 12.6 Å². The molecule has 0 aromatic carbocycles. The third-order valence-electron chi connectivity index (χ3n) is 2.47. The number of amides is 2. The third kappa shape index (κ3) is 4.37. The van der Waals surface area contributed by atoms with Gasteiger partial charge in [0.25, 0.3) is 0 Å². The van der Waals surface area contributed by atoms with Crippen molar-refractivity contribution in [2.24, 2.45) is 0 Å². The minimum Gasteiger partial charge on any atom is -0.376 e. The van der Waals surface area contributed by atoms with Crippen LogP contribution in [0.4, 0.5) is 0 Å². The van der Waals surface area contributed by atoms with Crippen molar-refractivity contribution < 1.29 is 14.3 Å². The number of carbonyl (C=O) groups excluding carboxylic acids is 2. The van der Waals surface area contributed by atoms with E-state index < -0.39 is 0 Å². The second-order valence-corrected chi connectivity index (χ2v) is 4.09. The van der Waals surface area contributed by atoms with E-state index in [0.717, 1.165) is 19.4 Å². The molecule has 16 heavy (non-hydrogen) atoms. The molecule has 6 heteroatoms. The van der Waals surface area contributed by atoms with E-state index in [0.29, 0.717) is 6.54 Å². The first-order chi connectivity index (χ1) is 7.63. The maximum absolute atomic E-state index is 11.4. The molecule has 5 nitrogen and oxygen atoms in total. The Morgan fingerprint density at radius 1 is 1.56 bits per heavy atom. The first-order valence-corrected chi connectivity index (χ1v) is 5.85. The number of carbonyl (C=O) groups is 2. The fraction of sp³-hybridized carbons (Fsp3) is 0.800. The third-order valence-corrected chi connectivity index (χ3v) is 2.70. The molecule has 1 aliphatic heterocycles. The molecule has 1 heterocycles. The second kappa shape index (κ2) is 6.70. The van der Waals surface area contributed by atoms with Gasteiger partial charge in [-0.3, -0.25) is 9.59 Å². The Morgan fingerprint density at radius 3 is 2.88 bits per heavy atom. The number of hydrogen-bond acceptors (Lipinski definition) is 3. The topological polar surface area (TPSA) is 58.6 Å². The summed E-state index contributed by atoms with van der Waals surface area (Å²) in [7, 11) is 1.55. The Kier molecular flexibility index (Phi) is 5.55. The zero-order valence-corrected chi connectivity index (χ0v) is 10.1. The van der Waals surface area contributed by atoms with E-state index in [1.165, 1.54) is 4.90 Å². The minimum atomic E-state index is -0.256. The highest BCUT2D eigenvalue weighted by Crippen LogP contribution is 2.10. The highest BCUT2D eigenvalue weighted by atomic mass is 35.5. The molecule has 2 amide bonds. The van der Waals surface area contributed by atoms with Gasteiger partial charge in [0.2, 0.25) is 11.8 Å². The molecule has 1 aliphatic rings. The molecule has 1 saturated heterocycles. The van der Waals surface area contributed by atoms with Gasteiger partial charge < -0.3 is 15.0 Å². The monoisotopic (exact) mass is 248 g/mol. The number of ether oxygens (including phenoxy) is 1. The zero-order chi connectivity index (χ0) is 12.0. The van der Waals surface area contributed by atoms with Crippen molar-refractivity contribution in [2.75, 3.05) is 32.6 Å². The van der Waals surface area contributed by atoms with Crippen LogP contribution in [0.1, 0.15) is 12.8 Å². The van der Waals surface area contributed by atoms with E-state index in [2.05, 4.69) is 5.32 Å². The molecular formula is C10H17ClN2O3. The van der Waals surface area contributed by atoms with Crippen LogP contribution in [0.25, 0.3) is 0 Å². The van der Waals surface area contributed by atoms with Gasteiger partial charge in [0, 0.05) is 20.2 Å². The lowest BCUT2D eigenvalue weighted by Crippen LogP contribution is -2.41. The van der Waals surface area contributed by atoms with Crippen LogP contribution in [0.5, 0.6) is 0 Å². The molecule has 0 aliphatic carbocycles. The average molecular weight is 249 g/mol. The molecule has 1 rings (SSSR count). The summed E-state index contributed by atoms with van der Waals surface area (Å²) >= 11 is 5.37. The van der Waals surface area contributed by atoms with Gasteiger partial charge in [-0.15, -0.1) is 11.6 Å². The number of nitrogens with one attached hydrogen (secondary N) is 1. The number of halogens is 1. The van der Waals surface area contributed by atoms with Crippen LogP contribution >= 0.6 is 11.6 Å². The first kappa shape index (κ1) is 13.3. The molecule has 0 aromatic heterocycles. The Labute approximate surface area is 100 Å². The first-order valence-electron chi connectivity index (χ1n) is 5.31. The number of alkyl halides is 1. The zero-order valence-electron chi connectivity index (χ0n) is 9.37. The molecule has 1 atom stereocenters. The van der Waals surface area contributed by atoms with Gasteiger partial charge in [0.15, 0.2) is 0 Å². The van der Waals surface area contributed by atoms with E-state index in [-0.39, 0.29) is 30.3 Å². The lowest BCUT2D eigenvalue weighted by Gasteiger charge is -2.16. The molecule has 1 fully saturated rings. The van der Waals surface area contributed by atoms with Gasteiger partial charge >= 0.3 is 0 Å². The van der Waals surface area contributed by atoms with Crippen molar-refractivity contribution in [2.45, 2.75) is 18.9 Å². The predicted octanol–water partition coefficient (Wildman–Crippen LogP) is -0.0212. The standard InChI is InChI=1S/C10H17ClN2O3/c1-13(10(15)5-11)7-9(14)12-6-8-3-2-4-16-8/h8H,2-7H2,1H3,(H,12,14). The molecule has 1 unspecified atom stereocenters. The largest absolute Gasteiger partial charge is 0.376 e. The van der Waals surface area contributed by atoms with Crippen LogP contribution in [-0.4, -0.2) is 55.4 Å². The van der Waals surface area contributed by atoms with Gasteiger partial charge in [-0.2, -0.15) is 0 Å². The fourth-order valence-corrected chi connectivity index (χ4v) is 1.70. The maximum Gasteiger partial charge on any atom is 0.239 e. The molecule has 0 spiro atoms. The van der Waals surface area contributed by atoms with Crippen molar-refractivity contribution in [3.63, 3.8) is 0 Å². The Balaban J connectivity index is 2.17. The van der Waals surface area contributed by atoms with Gasteiger partial charge in [-0.25, -0.2) is 0 Å². The van der Waals surface area contributed by atoms with Crippen LogP contribution in [0.2, 0.25) is 0 Å². The normalized spacial score (nSPS) is 19.5. The maximum atomic E-state index is 11.4. The Hall–Kier alpha value is -0.810. The highest BCUT2D eigenvalue weighted by molar-refractivity contribution is 6.27. The van der Waals surface area contributed by atoms with Gasteiger partial charge in [0.1, 0.15) is 5.88 Å². The number of likely N-dealkylation sites (N-methyl/N-ethyl adjacent to an activating group) is 1. The average Bonchev–Trinajstić information content (AvgIpc) is 2.78. The summed E-state index contributed by atoms with van der Waals surface area (Å²) in [5, 5.41) is 2.73. The smallest absolute Gasteiger partial charge is 0.239 e. The van der Waals surface area contributed by atoms with Crippen molar-refractivity contribution in [1.29, 1.82) is 0 Å². The van der Waals surface area contributed by atoms with Crippen LogP contribution in [0, 0.1) is 0 Å². The number of rotatable bonds is 5. The van der Waals surface area contributed by atoms with Gasteiger partial charge in [-0.1, -0.05) is 0 Å². The minimum absolute atomic E-state index is 0.0400.